The molecule has 0 spiro atoms. The molecule has 0 aliphatic carbocycles. The lowest BCUT2D eigenvalue weighted by Crippen LogP contribution is -2.30. The van der Waals surface area contributed by atoms with Gasteiger partial charge in [-0.2, -0.15) is 0 Å². The molecule has 0 saturated carbocycles. The van der Waals surface area contributed by atoms with Crippen LogP contribution in [0.25, 0.3) is 0 Å². The van der Waals surface area contributed by atoms with E-state index in [2.05, 4.69) is 191 Å². The molecule has 4 N–H and O–H groups in total. The normalized spacial score (nSPS) is 14.7. The van der Waals surface area contributed by atoms with Crippen LogP contribution in [0, 0.1) is 0 Å². The maximum Gasteiger partial charge on any atom is 0.472 e. The minimum Gasteiger partial charge on any atom is -0.463 e. The SMILES string of the molecule is CC/C=C\C/C=C\C/C=C\C/C=C\C/C=C\C/C=C\CCCCCCCCCCCCCCC(=O)OCC(O)COP(=O)(O)OCC(O)COP(=O)(O)OCC(COC(=O)CCCCCCCCCCCC/C=C\C/C=C\C/C=C\C/C=C\C/C=C\C/C=C\CC)OC(=O)CCCCCCC/C=C\C/C=C\CCC. The van der Waals surface area contributed by atoms with Crippen LogP contribution in [0.2, 0.25) is 0 Å². The van der Waals surface area contributed by atoms with E-state index < -0.39 is 91.5 Å². The van der Waals surface area contributed by atoms with Gasteiger partial charge in [-0.25, -0.2) is 9.13 Å². The number of carbonyl (C=O) groups is 3. The van der Waals surface area contributed by atoms with Crippen LogP contribution in [-0.2, 0) is 55.8 Å². The first kappa shape index (κ1) is 104. The molecule has 18 heteroatoms. The number of unbranched alkanes of at least 4 members (excludes halogenated alkanes) is 28. The molecule has 0 radical (unpaired) electrons. The molecule has 0 fully saturated rings. The Bertz CT molecular complexity index is 2660. The van der Waals surface area contributed by atoms with Crippen molar-refractivity contribution in [1.29, 1.82) is 0 Å². The van der Waals surface area contributed by atoms with Gasteiger partial charge in [0.2, 0.25) is 0 Å². The average molecular weight is 1560 g/mol. The zero-order valence-electron chi connectivity index (χ0n) is 68.2. The number of phosphoric acid groups is 2. The first-order valence-corrected chi connectivity index (χ1v) is 45.4. The average Bonchev–Trinajstić information content (AvgIpc) is 0.916. The molecule has 0 saturated heterocycles. The van der Waals surface area contributed by atoms with E-state index in [-0.39, 0.29) is 19.3 Å². The van der Waals surface area contributed by atoms with Gasteiger partial charge in [0.25, 0.3) is 0 Å². The fourth-order valence-electron chi connectivity index (χ4n) is 11.0. The Morgan fingerprint density at radius 3 is 0.771 bits per heavy atom. The van der Waals surface area contributed by atoms with Crippen molar-refractivity contribution in [2.45, 2.75) is 347 Å². The number of carbonyl (C=O) groups excluding carboxylic acids is 3. The highest BCUT2D eigenvalue weighted by atomic mass is 31.2. The second kappa shape index (κ2) is 82.4. The number of phosphoric ester groups is 2. The molecule has 0 rings (SSSR count). The zero-order chi connectivity index (χ0) is 79.4. The number of aliphatic hydroxyl groups is 2. The summed E-state index contributed by atoms with van der Waals surface area (Å²) < 4.78 is 61.2. The van der Waals surface area contributed by atoms with Gasteiger partial charge < -0.3 is 34.2 Å². The molecule has 622 valence electrons. The monoisotopic (exact) mass is 1560 g/mol. The Balaban J connectivity index is 4.48. The minimum atomic E-state index is -4.94. The molecule has 0 amide bonds. The molecule has 0 heterocycles. The standard InChI is InChI=1S/C91H152O16P2/c1-4-7-10-13-16-19-22-25-27-29-31-33-35-37-39-41-42-44-46-47-49-51-53-55-57-60-62-65-68-71-74-77-89(94)101-80-86(92)81-103-108(97,98)104-82-87(93)83-105-109(99,100)106-85-88(107-91(96)79-76-73-70-67-64-59-24-21-18-15-12-9-6-3)84-102-90(95)78-75-72-69-66-63-61-58-56-54-52-50-48-45-43-40-38-36-34-32-30-28-26-23-20-17-14-11-8-5-2/h7-8,10-12,15-17,19-21,24-28,31-34,37-40,42,44-45,48,86-88,92-93H,4-6,9,13-14,18,22-23,29-30,35-36,41,43,46-47,49-85H2,1-3H3,(H,97,98)(H,99,100)/b10-7-,11-8-,15-12-,19-16-,20-17-,24-21-,27-25-,28-26-,33-31-,34-32-,39-37-,40-38-,44-42-,48-45-. The molecule has 16 nitrogen and oxygen atoms in total. The molecular weight excluding hydrogens is 1410 g/mol. The third-order valence-electron chi connectivity index (χ3n) is 17.4. The van der Waals surface area contributed by atoms with Crippen LogP contribution >= 0.6 is 15.6 Å². The lowest BCUT2D eigenvalue weighted by Gasteiger charge is -2.21. The molecule has 0 aromatic rings. The summed E-state index contributed by atoms with van der Waals surface area (Å²) in [6.07, 6.45) is 106. The topological polar surface area (TPSA) is 231 Å². The lowest BCUT2D eigenvalue weighted by atomic mass is 10.0. The highest BCUT2D eigenvalue weighted by molar-refractivity contribution is 7.47. The summed E-state index contributed by atoms with van der Waals surface area (Å²) in [6.45, 7) is 2.37. The predicted molar refractivity (Wildman–Crippen MR) is 454 cm³/mol. The molecule has 0 bridgehead atoms. The summed E-state index contributed by atoms with van der Waals surface area (Å²) in [5.74, 6) is -1.60. The van der Waals surface area contributed by atoms with Crippen LogP contribution in [0.3, 0.4) is 0 Å². The number of allylic oxidation sites excluding steroid dienone is 28. The molecule has 5 unspecified atom stereocenters. The Hall–Kier alpha value is -5.09. The first-order chi connectivity index (χ1) is 53.2. The summed E-state index contributed by atoms with van der Waals surface area (Å²) in [5.41, 5.74) is 0. The van der Waals surface area contributed by atoms with Gasteiger partial charge in [0.1, 0.15) is 25.4 Å². The van der Waals surface area contributed by atoms with Crippen LogP contribution in [0.4, 0.5) is 0 Å². The van der Waals surface area contributed by atoms with E-state index in [1.54, 1.807) is 0 Å². The number of ether oxygens (including phenoxy) is 3. The third-order valence-corrected chi connectivity index (χ3v) is 19.3. The summed E-state index contributed by atoms with van der Waals surface area (Å²) in [5, 5.41) is 20.7. The van der Waals surface area contributed by atoms with E-state index in [4.69, 9.17) is 32.3 Å². The molecule has 5 atom stereocenters. The van der Waals surface area contributed by atoms with Gasteiger partial charge in [0, 0.05) is 19.3 Å². The molecular formula is C91H152O16P2. The van der Waals surface area contributed by atoms with Gasteiger partial charge in [-0.1, -0.05) is 332 Å². The van der Waals surface area contributed by atoms with Crippen molar-refractivity contribution in [3.63, 3.8) is 0 Å². The second-order valence-electron chi connectivity index (χ2n) is 27.9. The Morgan fingerprint density at radius 1 is 0.266 bits per heavy atom. The van der Waals surface area contributed by atoms with Gasteiger partial charge in [0.15, 0.2) is 6.10 Å². The van der Waals surface area contributed by atoms with Crippen molar-refractivity contribution in [3.05, 3.63) is 170 Å². The molecule has 0 aromatic carbocycles. The van der Waals surface area contributed by atoms with E-state index in [1.807, 2.05) is 0 Å². The van der Waals surface area contributed by atoms with E-state index in [9.17, 15) is 43.5 Å². The molecule has 0 aromatic heterocycles. The van der Waals surface area contributed by atoms with Crippen molar-refractivity contribution >= 4 is 33.6 Å². The van der Waals surface area contributed by atoms with Crippen molar-refractivity contribution in [3.8, 4) is 0 Å². The summed E-state index contributed by atoms with van der Waals surface area (Å²) in [6, 6.07) is 0. The number of hydrogen-bond acceptors (Lipinski definition) is 14. The summed E-state index contributed by atoms with van der Waals surface area (Å²) in [4.78, 5) is 58.7. The predicted octanol–water partition coefficient (Wildman–Crippen LogP) is 25.5. The summed E-state index contributed by atoms with van der Waals surface area (Å²) in [7, 11) is -9.81. The maximum atomic E-state index is 13.0. The van der Waals surface area contributed by atoms with E-state index in [0.29, 0.717) is 19.3 Å². The van der Waals surface area contributed by atoms with Gasteiger partial charge in [0.05, 0.1) is 26.4 Å². The number of rotatable bonds is 79. The molecule has 0 aliphatic rings. The lowest BCUT2D eigenvalue weighted by molar-refractivity contribution is -0.161. The molecule has 0 aliphatic heterocycles. The fraction of sp³-hybridized carbons (Fsp3) is 0.659. The molecule has 109 heavy (non-hydrogen) atoms. The second-order valence-corrected chi connectivity index (χ2v) is 30.8. The number of esters is 3. The number of aliphatic hydroxyl groups excluding tert-OH is 2. The third kappa shape index (κ3) is 83.7. The fourth-order valence-corrected chi connectivity index (χ4v) is 12.6. The highest BCUT2D eigenvalue weighted by Gasteiger charge is 2.29. The van der Waals surface area contributed by atoms with E-state index in [1.165, 1.54) is 83.5 Å². The largest absolute Gasteiger partial charge is 0.472 e. The van der Waals surface area contributed by atoms with Crippen LogP contribution in [-0.4, -0.2) is 95.9 Å². The smallest absolute Gasteiger partial charge is 0.463 e. The minimum absolute atomic E-state index is 0.0834. The van der Waals surface area contributed by atoms with Crippen LogP contribution in [0.5, 0.6) is 0 Å². The van der Waals surface area contributed by atoms with Gasteiger partial charge in [-0.3, -0.25) is 32.5 Å². The van der Waals surface area contributed by atoms with Crippen LogP contribution < -0.4 is 0 Å². The zero-order valence-corrected chi connectivity index (χ0v) is 70.0. The van der Waals surface area contributed by atoms with Crippen molar-refractivity contribution in [2.75, 3.05) is 39.6 Å². The first-order valence-electron chi connectivity index (χ1n) is 42.4. The van der Waals surface area contributed by atoms with E-state index >= 15 is 0 Å². The van der Waals surface area contributed by atoms with Gasteiger partial charge in [-0.15, -0.1) is 0 Å². The highest BCUT2D eigenvalue weighted by Crippen LogP contribution is 2.45. The Labute approximate surface area is 662 Å². The quantitative estimate of drug-likeness (QED) is 0.0146. The van der Waals surface area contributed by atoms with Crippen LogP contribution in [0.15, 0.2) is 170 Å². The maximum absolute atomic E-state index is 13.0. The van der Waals surface area contributed by atoms with Crippen LogP contribution in [0.1, 0.15) is 329 Å². The van der Waals surface area contributed by atoms with Gasteiger partial charge >= 0.3 is 33.6 Å². The van der Waals surface area contributed by atoms with Gasteiger partial charge in [-0.05, 0) is 148 Å². The van der Waals surface area contributed by atoms with Crippen molar-refractivity contribution in [2.24, 2.45) is 0 Å². The Kier molecular flexibility index (Phi) is 78.5. The van der Waals surface area contributed by atoms with E-state index in [0.717, 1.165) is 186 Å². The van der Waals surface area contributed by atoms with Crippen molar-refractivity contribution < 1.29 is 75.8 Å². The Morgan fingerprint density at radius 2 is 0.486 bits per heavy atom. The summed E-state index contributed by atoms with van der Waals surface area (Å²) >= 11 is 0. The van der Waals surface area contributed by atoms with Crippen molar-refractivity contribution in [1.82, 2.24) is 0 Å². The number of hydrogen-bond donors (Lipinski definition) is 4.